The molecular formula is C20H9F3N4O5. The molecule has 1 aromatic carbocycles. The lowest BCUT2D eigenvalue weighted by Crippen LogP contribution is -2.21. The minimum Gasteiger partial charge on any atom is -0.475 e. The second-order valence-electron chi connectivity index (χ2n) is 6.50. The molecule has 1 aliphatic rings. The topological polar surface area (TPSA) is 136 Å². The maximum Gasteiger partial charge on any atom is 0.490 e. The molecule has 4 aromatic rings. The number of carboxylic acid groups (broad SMARTS) is 1. The molecule has 0 spiro atoms. The van der Waals surface area contributed by atoms with Crippen LogP contribution in [0, 0.1) is 10.1 Å². The predicted octanol–water partition coefficient (Wildman–Crippen LogP) is 3.93. The number of alkyl halides is 3. The van der Waals surface area contributed by atoms with E-state index >= 15 is 0 Å². The van der Waals surface area contributed by atoms with Gasteiger partial charge in [-0.05, 0) is 17.5 Å². The number of fused-ring (bicyclic) bond motifs is 4. The lowest BCUT2D eigenvalue weighted by Gasteiger charge is -2.18. The third-order valence-corrected chi connectivity index (χ3v) is 4.65. The molecule has 0 aliphatic heterocycles. The highest BCUT2D eigenvalue weighted by atomic mass is 19.4. The number of halogens is 3. The van der Waals surface area contributed by atoms with Gasteiger partial charge in [-0.3, -0.25) is 24.9 Å². The number of carbonyl (C=O) groups excluding carboxylic acids is 1. The highest BCUT2D eigenvalue weighted by Crippen LogP contribution is 2.42. The van der Waals surface area contributed by atoms with Gasteiger partial charge >= 0.3 is 12.1 Å². The molecule has 1 N–H and O–H groups in total. The fourth-order valence-corrected chi connectivity index (χ4v) is 3.38. The molecule has 9 nitrogen and oxygen atoms in total. The first-order valence-electron chi connectivity index (χ1n) is 8.77. The average Bonchev–Trinajstić information content (AvgIpc) is 2.76. The Morgan fingerprint density at radius 1 is 0.969 bits per heavy atom. The largest absolute Gasteiger partial charge is 0.490 e. The molecule has 0 radical (unpaired) electrons. The molecule has 0 atom stereocenters. The van der Waals surface area contributed by atoms with Crippen LogP contribution in [-0.4, -0.2) is 42.9 Å². The Bertz CT molecular complexity index is 1450. The van der Waals surface area contributed by atoms with E-state index in [0.29, 0.717) is 16.6 Å². The molecule has 12 heteroatoms. The van der Waals surface area contributed by atoms with E-state index in [-0.39, 0.29) is 22.6 Å². The summed E-state index contributed by atoms with van der Waals surface area (Å²) in [5.41, 5.74) is 1.30. The number of hydrogen-bond donors (Lipinski definition) is 1. The Labute approximate surface area is 175 Å². The number of aliphatic carboxylic acids is 1. The Kier molecular flexibility index (Phi) is 4.76. The van der Waals surface area contributed by atoms with Crippen molar-refractivity contribution in [1.82, 2.24) is 15.0 Å². The van der Waals surface area contributed by atoms with Gasteiger partial charge in [0.05, 0.1) is 16.1 Å². The van der Waals surface area contributed by atoms with Crippen molar-refractivity contribution < 1.29 is 32.8 Å². The van der Waals surface area contributed by atoms with Gasteiger partial charge in [-0.2, -0.15) is 13.2 Å². The number of benzene rings is 1. The van der Waals surface area contributed by atoms with Gasteiger partial charge in [0.15, 0.2) is 0 Å². The summed E-state index contributed by atoms with van der Waals surface area (Å²) in [5, 5.41) is 20.8. The molecule has 3 heterocycles. The fourth-order valence-electron chi connectivity index (χ4n) is 3.38. The van der Waals surface area contributed by atoms with Gasteiger partial charge in [-0.1, -0.05) is 18.2 Å². The first-order chi connectivity index (χ1) is 15.1. The van der Waals surface area contributed by atoms with Crippen LogP contribution < -0.4 is 0 Å². The Morgan fingerprint density at radius 2 is 1.59 bits per heavy atom. The minimum absolute atomic E-state index is 0.0180. The predicted molar refractivity (Wildman–Crippen MR) is 104 cm³/mol. The summed E-state index contributed by atoms with van der Waals surface area (Å²) in [6.45, 7) is 0. The normalized spacial score (nSPS) is 12.2. The third kappa shape index (κ3) is 3.27. The summed E-state index contributed by atoms with van der Waals surface area (Å²) in [6.07, 6.45) is -2.25. The zero-order valence-corrected chi connectivity index (χ0v) is 15.6. The van der Waals surface area contributed by atoms with Crippen LogP contribution in [0.5, 0.6) is 0 Å². The van der Waals surface area contributed by atoms with Crippen LogP contribution in [0.25, 0.3) is 32.9 Å². The van der Waals surface area contributed by atoms with Gasteiger partial charge in [0, 0.05) is 29.2 Å². The van der Waals surface area contributed by atoms with E-state index in [1.165, 1.54) is 12.3 Å². The van der Waals surface area contributed by atoms with E-state index in [9.17, 15) is 28.1 Å². The molecule has 3 aromatic heterocycles. The van der Waals surface area contributed by atoms with Crippen molar-refractivity contribution >= 4 is 39.1 Å². The third-order valence-electron chi connectivity index (χ3n) is 4.65. The maximum atomic E-state index is 12.8. The second-order valence-corrected chi connectivity index (χ2v) is 6.50. The molecule has 160 valence electrons. The SMILES string of the molecule is O=C(O)C(F)(F)F.O=C1c2nccc([N+](=O)[O-])c2-c2nc3ccccc3c3ccnc1c23. The van der Waals surface area contributed by atoms with Gasteiger partial charge in [0.1, 0.15) is 17.0 Å². The molecule has 0 saturated carbocycles. The highest BCUT2D eigenvalue weighted by Gasteiger charge is 2.38. The van der Waals surface area contributed by atoms with Crippen LogP contribution >= 0.6 is 0 Å². The van der Waals surface area contributed by atoms with Crippen LogP contribution in [0.3, 0.4) is 0 Å². The Hall–Kier alpha value is -4.48. The lowest BCUT2D eigenvalue weighted by molar-refractivity contribution is -0.384. The summed E-state index contributed by atoms with van der Waals surface area (Å²) in [4.78, 5) is 45.6. The van der Waals surface area contributed by atoms with Crippen molar-refractivity contribution in [3.05, 3.63) is 70.3 Å². The summed E-state index contributed by atoms with van der Waals surface area (Å²) in [5.74, 6) is -3.18. The summed E-state index contributed by atoms with van der Waals surface area (Å²) in [7, 11) is 0. The first-order valence-corrected chi connectivity index (χ1v) is 8.77. The van der Waals surface area contributed by atoms with E-state index in [0.717, 1.165) is 10.8 Å². The van der Waals surface area contributed by atoms with E-state index in [4.69, 9.17) is 9.90 Å². The molecule has 0 bridgehead atoms. The van der Waals surface area contributed by atoms with Crippen molar-refractivity contribution in [2.45, 2.75) is 6.18 Å². The van der Waals surface area contributed by atoms with Crippen LogP contribution in [0.4, 0.5) is 18.9 Å². The number of aromatic nitrogens is 3. The lowest BCUT2D eigenvalue weighted by atomic mass is 9.89. The molecule has 5 rings (SSSR count). The molecule has 0 unspecified atom stereocenters. The monoisotopic (exact) mass is 442 g/mol. The van der Waals surface area contributed by atoms with Crippen LogP contribution in [0.2, 0.25) is 0 Å². The number of carbonyl (C=O) groups is 2. The quantitative estimate of drug-likeness (QED) is 0.234. The molecular weight excluding hydrogens is 433 g/mol. The van der Waals surface area contributed by atoms with Crippen molar-refractivity contribution in [2.24, 2.45) is 0 Å². The zero-order chi connectivity index (χ0) is 23.2. The Balaban J connectivity index is 0.000000307. The van der Waals surface area contributed by atoms with Crippen molar-refractivity contribution in [1.29, 1.82) is 0 Å². The standard InChI is InChI=1S/C18H8N4O3.C2HF3O2/c23-18-16-13-10(5-7-19-16)9-3-1-2-4-11(9)21-15(13)14-12(22(24)25)6-8-20-17(14)18;3-2(4,5)1(6)7/h1-8H;(H,6,7). The van der Waals surface area contributed by atoms with Crippen molar-refractivity contribution in [2.75, 3.05) is 0 Å². The number of para-hydroxylation sites is 1. The van der Waals surface area contributed by atoms with Gasteiger partial charge in [-0.25, -0.2) is 9.78 Å². The fraction of sp³-hybridized carbons (Fsp3) is 0.0500. The highest BCUT2D eigenvalue weighted by molar-refractivity contribution is 6.27. The number of hydrogen-bond acceptors (Lipinski definition) is 7. The maximum absolute atomic E-state index is 12.8. The van der Waals surface area contributed by atoms with Gasteiger partial charge in [0.25, 0.3) is 5.69 Å². The number of carboxylic acids is 1. The van der Waals surface area contributed by atoms with Gasteiger partial charge in [0.2, 0.25) is 5.78 Å². The summed E-state index contributed by atoms with van der Waals surface area (Å²) in [6, 6.07) is 10.6. The van der Waals surface area contributed by atoms with E-state index < -0.39 is 22.9 Å². The van der Waals surface area contributed by atoms with Crippen molar-refractivity contribution in [3.8, 4) is 11.3 Å². The average molecular weight is 442 g/mol. The minimum atomic E-state index is -5.08. The number of nitrogens with zero attached hydrogens (tertiary/aromatic N) is 4. The van der Waals surface area contributed by atoms with E-state index in [1.54, 1.807) is 12.3 Å². The molecule has 0 amide bonds. The first kappa shape index (κ1) is 20.8. The molecule has 1 aliphatic carbocycles. The summed E-state index contributed by atoms with van der Waals surface area (Å²) >= 11 is 0. The number of rotatable bonds is 1. The van der Waals surface area contributed by atoms with Crippen LogP contribution in [0.1, 0.15) is 16.2 Å². The Morgan fingerprint density at radius 3 is 2.25 bits per heavy atom. The van der Waals surface area contributed by atoms with Crippen molar-refractivity contribution in [3.63, 3.8) is 0 Å². The molecule has 32 heavy (non-hydrogen) atoms. The van der Waals surface area contributed by atoms with E-state index in [1.807, 2.05) is 24.3 Å². The smallest absolute Gasteiger partial charge is 0.475 e. The molecule has 0 saturated heterocycles. The number of nitro groups is 1. The summed E-state index contributed by atoms with van der Waals surface area (Å²) < 4.78 is 31.7. The molecule has 0 fully saturated rings. The van der Waals surface area contributed by atoms with Crippen LogP contribution in [0.15, 0.2) is 48.8 Å². The van der Waals surface area contributed by atoms with E-state index in [2.05, 4.69) is 15.0 Å². The van der Waals surface area contributed by atoms with Gasteiger partial charge in [-0.15, -0.1) is 0 Å². The zero-order valence-electron chi connectivity index (χ0n) is 15.6. The second kappa shape index (κ2) is 7.34. The van der Waals surface area contributed by atoms with Crippen LogP contribution in [-0.2, 0) is 4.79 Å². The van der Waals surface area contributed by atoms with Gasteiger partial charge < -0.3 is 5.11 Å². The number of pyridine rings is 3. The number of ketones is 1.